The maximum absolute atomic E-state index is 10.2. The summed E-state index contributed by atoms with van der Waals surface area (Å²) in [5.41, 5.74) is 6.48. The number of aromatic amines is 1. The van der Waals surface area contributed by atoms with Gasteiger partial charge in [-0.2, -0.15) is 4.98 Å². The maximum atomic E-state index is 10.2. The van der Waals surface area contributed by atoms with Crippen LogP contribution in [0.1, 0.15) is 12.0 Å². The molecule has 3 heterocycles. The second-order valence-corrected chi connectivity index (χ2v) is 12.0. The molecule has 1 aromatic heterocycles. The van der Waals surface area contributed by atoms with Crippen LogP contribution in [0.15, 0.2) is 60.7 Å². The lowest BCUT2D eigenvalue weighted by Gasteiger charge is -2.18. The molecule has 1 aliphatic carbocycles. The predicted molar refractivity (Wildman–Crippen MR) is 160 cm³/mol. The van der Waals surface area contributed by atoms with Crippen molar-refractivity contribution >= 4 is 22.6 Å². The van der Waals surface area contributed by atoms with Gasteiger partial charge in [-0.1, -0.05) is 60.1 Å². The maximum Gasteiger partial charge on any atom is 0.295 e. The Kier molecular flexibility index (Phi) is 7.87. The van der Waals surface area contributed by atoms with Crippen LogP contribution in [0.25, 0.3) is 33.3 Å². The molecule has 0 bridgehead atoms. The van der Waals surface area contributed by atoms with Crippen LogP contribution in [0.2, 0.25) is 5.02 Å². The van der Waals surface area contributed by atoms with Crippen LogP contribution in [0.5, 0.6) is 6.01 Å². The van der Waals surface area contributed by atoms with Gasteiger partial charge in [-0.05, 0) is 40.8 Å². The van der Waals surface area contributed by atoms with E-state index in [9.17, 15) is 20.4 Å². The first-order valence-corrected chi connectivity index (χ1v) is 14.9. The van der Waals surface area contributed by atoms with E-state index in [1.165, 1.54) is 0 Å². The Morgan fingerprint density at radius 1 is 0.907 bits per heavy atom. The number of aromatic nitrogens is 2. The number of hydrogen-bond donors (Lipinski definition) is 6. The molecule has 3 aromatic carbocycles. The van der Waals surface area contributed by atoms with Crippen molar-refractivity contribution in [2.45, 2.75) is 55.6 Å². The number of benzene rings is 3. The van der Waals surface area contributed by atoms with Crippen LogP contribution in [-0.4, -0.2) is 92.9 Å². The third kappa shape index (κ3) is 5.54. The van der Waals surface area contributed by atoms with Gasteiger partial charge < -0.3 is 44.9 Å². The van der Waals surface area contributed by atoms with Crippen LogP contribution in [0.3, 0.4) is 0 Å². The summed E-state index contributed by atoms with van der Waals surface area (Å²) >= 11 is 6.69. The molecule has 0 radical (unpaired) electrons. The number of halogens is 1. The first kappa shape index (κ1) is 28.7. The van der Waals surface area contributed by atoms with Crippen molar-refractivity contribution in [2.24, 2.45) is 5.92 Å². The summed E-state index contributed by atoms with van der Waals surface area (Å²) in [5.74, 6) is -0.301. The Bertz CT molecular complexity index is 1580. The molecule has 3 fully saturated rings. The highest BCUT2D eigenvalue weighted by Gasteiger charge is 2.48. The van der Waals surface area contributed by atoms with Crippen molar-refractivity contribution in [3.63, 3.8) is 0 Å². The van der Waals surface area contributed by atoms with Gasteiger partial charge >= 0.3 is 0 Å². The molecule has 43 heavy (non-hydrogen) atoms. The zero-order valence-corrected chi connectivity index (χ0v) is 24.0. The van der Waals surface area contributed by atoms with E-state index in [1.54, 1.807) is 0 Å². The Morgan fingerprint density at radius 3 is 2.33 bits per heavy atom. The molecule has 2 saturated heterocycles. The van der Waals surface area contributed by atoms with Gasteiger partial charge in [0, 0.05) is 30.7 Å². The van der Waals surface area contributed by atoms with Crippen molar-refractivity contribution < 1.29 is 34.6 Å². The fraction of sp³-hybridized carbons (Fsp3) is 0.406. The Labute approximate surface area is 253 Å². The number of nitrogens with one attached hydrogen (secondary N) is 2. The summed E-state index contributed by atoms with van der Waals surface area (Å²) in [4.78, 5) is 7.79. The molecule has 0 spiro atoms. The zero-order chi connectivity index (χ0) is 29.7. The molecule has 8 atom stereocenters. The molecule has 11 heteroatoms. The van der Waals surface area contributed by atoms with Gasteiger partial charge in [-0.25, -0.2) is 0 Å². The lowest BCUT2D eigenvalue weighted by atomic mass is 9.99. The van der Waals surface area contributed by atoms with Crippen LogP contribution in [0.4, 0.5) is 0 Å². The monoisotopic (exact) mass is 607 g/mol. The third-order valence-corrected chi connectivity index (χ3v) is 9.19. The molecule has 2 aliphatic heterocycles. The van der Waals surface area contributed by atoms with E-state index in [1.807, 2.05) is 36.4 Å². The lowest BCUT2D eigenvalue weighted by molar-refractivity contribution is -0.000337. The van der Waals surface area contributed by atoms with Crippen LogP contribution in [0, 0.1) is 5.92 Å². The highest BCUT2D eigenvalue weighted by molar-refractivity contribution is 6.34. The van der Waals surface area contributed by atoms with Crippen molar-refractivity contribution in [1.29, 1.82) is 0 Å². The molecule has 1 unspecified atom stereocenters. The molecular weight excluding hydrogens is 574 g/mol. The normalized spacial score (nSPS) is 30.3. The number of aliphatic hydroxyl groups is 4. The topological polar surface area (TPSA) is 149 Å². The van der Waals surface area contributed by atoms with Gasteiger partial charge in [-0.15, -0.1) is 0 Å². The van der Waals surface area contributed by atoms with Crippen LogP contribution >= 0.6 is 11.6 Å². The second-order valence-electron chi connectivity index (χ2n) is 11.6. The average molecular weight is 608 g/mol. The van der Waals surface area contributed by atoms with E-state index in [4.69, 9.17) is 25.8 Å². The van der Waals surface area contributed by atoms with E-state index < -0.39 is 18.3 Å². The first-order valence-electron chi connectivity index (χ1n) is 14.6. The Hall–Kier alpha value is -3.06. The zero-order valence-electron chi connectivity index (χ0n) is 23.3. The first-order chi connectivity index (χ1) is 20.9. The average Bonchev–Trinajstić information content (AvgIpc) is 3.78. The molecule has 4 aromatic rings. The number of ether oxygens (including phenoxy) is 3. The number of H-pyrrole nitrogens is 1. The number of hydrogen-bond acceptors (Lipinski definition) is 9. The Morgan fingerprint density at radius 2 is 1.60 bits per heavy atom. The highest BCUT2D eigenvalue weighted by Crippen LogP contribution is 2.35. The van der Waals surface area contributed by atoms with Crippen molar-refractivity contribution in [1.82, 2.24) is 15.3 Å². The summed E-state index contributed by atoms with van der Waals surface area (Å²) in [6.07, 6.45) is -2.95. The Balaban J connectivity index is 1.01. The van der Waals surface area contributed by atoms with Gasteiger partial charge in [0.1, 0.15) is 18.3 Å². The molecule has 6 N–H and O–H groups in total. The van der Waals surface area contributed by atoms with Crippen molar-refractivity contribution in [2.75, 3.05) is 19.8 Å². The van der Waals surface area contributed by atoms with Gasteiger partial charge in [0.15, 0.2) is 6.10 Å². The number of nitrogens with zero attached hydrogens (tertiary/aromatic N) is 1. The minimum absolute atomic E-state index is 0.135. The number of rotatable bonds is 8. The van der Waals surface area contributed by atoms with Crippen molar-refractivity contribution in [3.8, 4) is 28.3 Å². The smallest absolute Gasteiger partial charge is 0.295 e. The highest BCUT2D eigenvalue weighted by atomic mass is 35.5. The van der Waals surface area contributed by atoms with E-state index in [0.717, 1.165) is 38.9 Å². The van der Waals surface area contributed by atoms with Gasteiger partial charge in [0.05, 0.1) is 41.5 Å². The van der Waals surface area contributed by atoms with E-state index in [0.29, 0.717) is 30.6 Å². The summed E-state index contributed by atoms with van der Waals surface area (Å²) in [6.45, 7) is 0.980. The summed E-state index contributed by atoms with van der Waals surface area (Å²) in [7, 11) is 0. The molecule has 3 aliphatic rings. The number of fused-ring (bicyclic) bond motifs is 2. The molecule has 0 amide bonds. The summed E-state index contributed by atoms with van der Waals surface area (Å²) < 4.78 is 17.3. The fourth-order valence-corrected chi connectivity index (χ4v) is 6.66. The minimum Gasteiger partial charge on any atom is -0.456 e. The van der Waals surface area contributed by atoms with Crippen LogP contribution in [-0.2, 0) is 16.0 Å². The number of aliphatic hydroxyl groups excluding tert-OH is 4. The summed E-state index contributed by atoms with van der Waals surface area (Å²) in [5, 5.41) is 43.5. The molecular formula is C32H34ClN3O7. The predicted octanol–water partition coefficient (Wildman–Crippen LogP) is 2.65. The van der Waals surface area contributed by atoms with Crippen LogP contribution < -0.4 is 10.1 Å². The lowest BCUT2D eigenvalue weighted by Crippen LogP contribution is -2.39. The third-order valence-electron chi connectivity index (χ3n) is 8.88. The quantitative estimate of drug-likeness (QED) is 0.178. The number of imidazole rings is 1. The largest absolute Gasteiger partial charge is 0.456 e. The fourth-order valence-electron chi connectivity index (χ4n) is 6.39. The van der Waals surface area contributed by atoms with Crippen molar-refractivity contribution in [3.05, 3.63) is 71.2 Å². The standard InChI is InChI=1S/C32H34ClN3O7/c33-22-11-24-23(35-32(36-24)43-27-15-42-30-26(38)14-41-31(27)30)10-21(22)19-7-5-18(6-8-19)17-3-1-16(2-4-17)12-34-25-9-20(13-37)28(39)29(25)40/h1-8,10-11,20,25-31,34,37-40H,9,12-15H2,(H,35,36)/t20-,25-,26-,27-,28-,29+,30?,31-/m1/s1. The van der Waals surface area contributed by atoms with Gasteiger partial charge in [-0.3, -0.25) is 0 Å². The van der Waals surface area contributed by atoms with E-state index >= 15 is 0 Å². The SMILES string of the molecule is OC[C@H]1C[C@@H](NCc2ccc(-c3ccc(-c4cc5nc(O[C@@H]6COC7[C@H](O)CO[C@@H]76)[nH]c5cc4Cl)cc3)cc2)[C@H](O)[C@@H]1O. The van der Waals surface area contributed by atoms with Gasteiger partial charge in [0.2, 0.25) is 0 Å². The minimum atomic E-state index is -0.903. The second kappa shape index (κ2) is 11.8. The van der Waals surface area contributed by atoms with E-state index in [2.05, 4.69) is 39.6 Å². The molecule has 7 rings (SSSR count). The van der Waals surface area contributed by atoms with Gasteiger partial charge in [0.25, 0.3) is 6.01 Å². The van der Waals surface area contributed by atoms with E-state index in [-0.39, 0.29) is 43.5 Å². The molecule has 226 valence electrons. The molecule has 10 nitrogen and oxygen atoms in total. The summed E-state index contributed by atoms with van der Waals surface area (Å²) in [6, 6.07) is 20.2. The molecule has 1 saturated carbocycles.